The zero-order valence-corrected chi connectivity index (χ0v) is 20.9. The van der Waals surface area contributed by atoms with Gasteiger partial charge in [-0.2, -0.15) is 26.3 Å². The number of alkyl halides is 6. The number of carbonyl (C=O) groups excluding carboxylic acids is 1. The summed E-state index contributed by atoms with van der Waals surface area (Å²) < 4.78 is 104. The maximum absolute atomic E-state index is 13.6. The van der Waals surface area contributed by atoms with Gasteiger partial charge < -0.3 is 19.5 Å². The molecule has 1 heterocycles. The number of carbonyl (C=O) groups is 2. The van der Waals surface area contributed by atoms with E-state index in [0.717, 1.165) is 17.0 Å². The van der Waals surface area contributed by atoms with Gasteiger partial charge in [-0.1, -0.05) is 12.1 Å². The molecule has 0 radical (unpaired) electrons. The third-order valence-electron chi connectivity index (χ3n) is 6.66. The SMILES string of the molecule is COC(=O)CCC[C@H]1[C@H](c2ccc(F)cc2)[C@@H](O[C@H](C)c2cc(C(F)(F)F)cc(C(F)(F)F)c2)CN1C(=O)O. The highest BCUT2D eigenvalue weighted by Gasteiger charge is 2.46. The first-order chi connectivity index (χ1) is 18.1. The van der Waals surface area contributed by atoms with Crippen LogP contribution in [0.2, 0.25) is 0 Å². The predicted molar refractivity (Wildman–Crippen MR) is 123 cm³/mol. The normalized spacial score (nSPS) is 20.6. The molecule has 2 aromatic carbocycles. The molecule has 214 valence electrons. The monoisotopic (exact) mass is 565 g/mol. The summed E-state index contributed by atoms with van der Waals surface area (Å²) in [5.74, 6) is -1.84. The fourth-order valence-electron chi connectivity index (χ4n) is 4.80. The summed E-state index contributed by atoms with van der Waals surface area (Å²) in [5, 5.41) is 9.84. The standard InChI is InChI=1S/C26H26F7NO5/c1-14(16-10-17(25(28,29)30)12-18(11-16)26(31,32)33)39-21-13-34(24(36)37)20(4-3-5-22(35)38-2)23(21)15-6-8-19(27)9-7-15/h6-12,14,20-21,23H,3-5,13H2,1-2H3,(H,36,37)/t14-,20+,21+,23+/m1/s1. The molecule has 6 nitrogen and oxygen atoms in total. The number of halogens is 7. The van der Waals surface area contributed by atoms with Crippen LogP contribution < -0.4 is 0 Å². The van der Waals surface area contributed by atoms with Gasteiger partial charge in [0, 0.05) is 18.4 Å². The first kappa shape index (κ1) is 30.2. The van der Waals surface area contributed by atoms with Crippen molar-refractivity contribution < 1.29 is 54.9 Å². The second-order valence-corrected chi connectivity index (χ2v) is 9.20. The minimum absolute atomic E-state index is 0.0105. The first-order valence-corrected chi connectivity index (χ1v) is 11.9. The number of esters is 1. The molecule has 4 atom stereocenters. The fourth-order valence-corrected chi connectivity index (χ4v) is 4.80. The van der Waals surface area contributed by atoms with E-state index in [1.54, 1.807) is 0 Å². The zero-order chi connectivity index (χ0) is 29.1. The van der Waals surface area contributed by atoms with Crippen LogP contribution in [0.3, 0.4) is 0 Å². The van der Waals surface area contributed by atoms with Crippen LogP contribution in [-0.4, -0.2) is 47.9 Å². The molecular formula is C26H26F7NO5. The van der Waals surface area contributed by atoms with Crippen LogP contribution in [0.4, 0.5) is 35.5 Å². The number of benzene rings is 2. The number of rotatable bonds is 8. The van der Waals surface area contributed by atoms with E-state index in [4.69, 9.17) is 4.74 Å². The average Bonchev–Trinajstić information content (AvgIpc) is 3.21. The van der Waals surface area contributed by atoms with Crippen LogP contribution >= 0.6 is 0 Å². The van der Waals surface area contributed by atoms with Crippen molar-refractivity contribution >= 4 is 12.1 Å². The van der Waals surface area contributed by atoms with E-state index in [9.17, 15) is 45.4 Å². The van der Waals surface area contributed by atoms with Gasteiger partial charge in [-0.25, -0.2) is 9.18 Å². The molecule has 1 aliphatic rings. The Hall–Kier alpha value is -3.35. The molecular weight excluding hydrogens is 539 g/mol. The maximum atomic E-state index is 13.6. The first-order valence-electron chi connectivity index (χ1n) is 11.9. The third-order valence-corrected chi connectivity index (χ3v) is 6.66. The van der Waals surface area contributed by atoms with Crippen molar-refractivity contribution in [1.82, 2.24) is 4.90 Å². The Labute approximate surface area is 219 Å². The lowest BCUT2D eigenvalue weighted by atomic mass is 9.87. The van der Waals surface area contributed by atoms with E-state index in [1.807, 2.05) is 0 Å². The lowest BCUT2D eigenvalue weighted by Gasteiger charge is -2.28. The number of hydrogen-bond donors (Lipinski definition) is 1. The Bertz CT molecular complexity index is 1130. The molecule has 1 aliphatic heterocycles. The van der Waals surface area contributed by atoms with Gasteiger partial charge in [-0.15, -0.1) is 0 Å². The molecule has 0 spiro atoms. The average molecular weight is 565 g/mol. The Kier molecular flexibility index (Phi) is 9.14. The maximum Gasteiger partial charge on any atom is 0.416 e. The van der Waals surface area contributed by atoms with Crippen molar-refractivity contribution in [3.05, 3.63) is 70.5 Å². The van der Waals surface area contributed by atoms with Crippen LogP contribution in [0.5, 0.6) is 0 Å². The van der Waals surface area contributed by atoms with Crippen LogP contribution in [-0.2, 0) is 26.6 Å². The van der Waals surface area contributed by atoms with Crippen molar-refractivity contribution in [3.63, 3.8) is 0 Å². The quantitative estimate of drug-likeness (QED) is 0.282. The van der Waals surface area contributed by atoms with Gasteiger partial charge in [0.25, 0.3) is 0 Å². The number of carboxylic acid groups (broad SMARTS) is 1. The van der Waals surface area contributed by atoms with Gasteiger partial charge in [0.05, 0.1) is 37.0 Å². The molecule has 3 rings (SSSR count). The number of likely N-dealkylation sites (tertiary alicyclic amines) is 1. The van der Waals surface area contributed by atoms with Gasteiger partial charge >= 0.3 is 24.4 Å². The number of ether oxygens (including phenoxy) is 2. The van der Waals surface area contributed by atoms with Crippen LogP contribution in [0.25, 0.3) is 0 Å². The van der Waals surface area contributed by atoms with E-state index in [2.05, 4.69) is 4.74 Å². The molecule has 1 N–H and O–H groups in total. The molecule has 13 heteroatoms. The highest BCUT2D eigenvalue weighted by molar-refractivity contribution is 5.69. The molecule has 0 unspecified atom stereocenters. The van der Waals surface area contributed by atoms with E-state index >= 15 is 0 Å². The van der Waals surface area contributed by atoms with Gasteiger partial charge in [-0.3, -0.25) is 4.79 Å². The highest BCUT2D eigenvalue weighted by Crippen LogP contribution is 2.42. The molecule has 1 amide bonds. The summed E-state index contributed by atoms with van der Waals surface area (Å²) >= 11 is 0. The number of amides is 1. The lowest BCUT2D eigenvalue weighted by molar-refractivity contribution is -0.143. The molecule has 2 aromatic rings. The Morgan fingerprint density at radius 2 is 1.59 bits per heavy atom. The minimum atomic E-state index is -5.05. The molecule has 0 aliphatic carbocycles. The molecule has 0 aromatic heterocycles. The van der Waals surface area contributed by atoms with E-state index in [1.165, 1.54) is 26.2 Å². The highest BCUT2D eigenvalue weighted by atomic mass is 19.4. The van der Waals surface area contributed by atoms with Gasteiger partial charge in [0.2, 0.25) is 0 Å². The largest absolute Gasteiger partial charge is 0.469 e. The Morgan fingerprint density at radius 3 is 2.08 bits per heavy atom. The van der Waals surface area contributed by atoms with Crippen molar-refractivity contribution in [2.24, 2.45) is 0 Å². The fraction of sp³-hybridized carbons (Fsp3) is 0.462. The second kappa shape index (κ2) is 11.8. The number of methoxy groups -OCH3 is 1. The molecule has 1 saturated heterocycles. The summed E-state index contributed by atoms with van der Waals surface area (Å²) in [5.41, 5.74) is -2.94. The van der Waals surface area contributed by atoms with Crippen molar-refractivity contribution in [2.75, 3.05) is 13.7 Å². The minimum Gasteiger partial charge on any atom is -0.469 e. The molecule has 0 saturated carbocycles. The smallest absolute Gasteiger partial charge is 0.416 e. The van der Waals surface area contributed by atoms with Gasteiger partial charge in [-0.05, 0) is 61.2 Å². The van der Waals surface area contributed by atoms with Gasteiger partial charge in [0.1, 0.15) is 5.82 Å². The van der Waals surface area contributed by atoms with E-state index in [-0.39, 0.29) is 31.9 Å². The van der Waals surface area contributed by atoms with Crippen molar-refractivity contribution in [1.29, 1.82) is 0 Å². The topological polar surface area (TPSA) is 76.1 Å². The molecule has 1 fully saturated rings. The van der Waals surface area contributed by atoms with Crippen LogP contribution in [0.1, 0.15) is 60.5 Å². The third kappa shape index (κ3) is 7.40. The van der Waals surface area contributed by atoms with Crippen LogP contribution in [0.15, 0.2) is 42.5 Å². The van der Waals surface area contributed by atoms with Crippen molar-refractivity contribution in [3.8, 4) is 0 Å². The number of nitrogens with zero attached hydrogens (tertiary/aromatic N) is 1. The summed E-state index contributed by atoms with van der Waals surface area (Å²) in [6.45, 7) is 1.02. The number of hydrogen-bond acceptors (Lipinski definition) is 4. The second-order valence-electron chi connectivity index (χ2n) is 9.20. The summed E-state index contributed by atoms with van der Waals surface area (Å²) in [6, 6.07) is 5.46. The lowest BCUT2D eigenvalue weighted by Crippen LogP contribution is -2.36. The summed E-state index contributed by atoms with van der Waals surface area (Å²) in [6.07, 6.45) is -13.4. The van der Waals surface area contributed by atoms with E-state index < -0.39 is 71.1 Å². The summed E-state index contributed by atoms with van der Waals surface area (Å²) in [7, 11) is 1.20. The van der Waals surface area contributed by atoms with E-state index in [0.29, 0.717) is 17.7 Å². The van der Waals surface area contributed by atoms with Crippen molar-refractivity contribution in [2.45, 2.75) is 62.7 Å². The van der Waals surface area contributed by atoms with Crippen LogP contribution in [0, 0.1) is 5.82 Å². The Morgan fingerprint density at radius 1 is 1.03 bits per heavy atom. The predicted octanol–water partition coefficient (Wildman–Crippen LogP) is 6.80. The zero-order valence-electron chi connectivity index (χ0n) is 20.9. The Balaban J connectivity index is 1.98. The summed E-state index contributed by atoms with van der Waals surface area (Å²) in [4.78, 5) is 24.7. The molecule has 0 bridgehead atoms. The van der Waals surface area contributed by atoms with Gasteiger partial charge in [0.15, 0.2) is 0 Å². The molecule has 39 heavy (non-hydrogen) atoms.